The van der Waals surface area contributed by atoms with Crippen molar-refractivity contribution in [2.24, 2.45) is 7.05 Å². The molecular weight excluding hydrogens is 226 g/mol. The summed E-state index contributed by atoms with van der Waals surface area (Å²) in [5.74, 6) is 0. The Balaban J connectivity index is 2.29. The highest BCUT2D eigenvalue weighted by Crippen LogP contribution is 2.25. The topological polar surface area (TPSA) is 59.4 Å². The second-order valence-corrected chi connectivity index (χ2v) is 3.87. The highest BCUT2D eigenvalue weighted by molar-refractivity contribution is 6.35. The van der Waals surface area contributed by atoms with Crippen LogP contribution < -0.4 is 0 Å². The number of pyridine rings is 1. The van der Waals surface area contributed by atoms with Crippen LogP contribution in [0.2, 0.25) is 5.02 Å². The summed E-state index contributed by atoms with van der Waals surface area (Å²) in [5, 5.41) is 11.4. The van der Waals surface area contributed by atoms with Crippen LogP contribution in [-0.2, 0) is 7.05 Å². The Morgan fingerprint density at radius 2 is 2.31 bits per heavy atom. The molecule has 3 rings (SSSR count). The van der Waals surface area contributed by atoms with Gasteiger partial charge in [0.15, 0.2) is 0 Å². The van der Waals surface area contributed by atoms with Gasteiger partial charge < -0.3 is 0 Å². The van der Waals surface area contributed by atoms with Crippen molar-refractivity contribution in [2.45, 2.75) is 0 Å². The number of fused-ring (bicyclic) bond motifs is 1. The molecule has 0 aliphatic carbocycles. The van der Waals surface area contributed by atoms with Gasteiger partial charge in [0, 0.05) is 13.2 Å². The molecule has 0 saturated heterocycles. The standard InChI is InChI=1S/C10H8ClN5/c1-16-9(2-3-13-16)7-4-6(11)10-8(14-7)5-12-15-10/h2-5H,1H3,(H,12,15). The highest BCUT2D eigenvalue weighted by atomic mass is 35.5. The Morgan fingerprint density at radius 3 is 3.06 bits per heavy atom. The zero-order chi connectivity index (χ0) is 11.1. The first-order chi connectivity index (χ1) is 7.75. The van der Waals surface area contributed by atoms with Crippen molar-refractivity contribution in [1.82, 2.24) is 25.0 Å². The lowest BCUT2D eigenvalue weighted by atomic mass is 10.2. The van der Waals surface area contributed by atoms with Gasteiger partial charge in [-0.05, 0) is 12.1 Å². The minimum Gasteiger partial charge on any atom is -0.275 e. The molecule has 0 amide bonds. The fraction of sp³-hybridized carbons (Fsp3) is 0.100. The van der Waals surface area contributed by atoms with E-state index in [2.05, 4.69) is 20.3 Å². The van der Waals surface area contributed by atoms with Crippen molar-refractivity contribution in [3.63, 3.8) is 0 Å². The predicted molar refractivity (Wildman–Crippen MR) is 61.1 cm³/mol. The number of aromatic nitrogens is 5. The number of hydrogen-bond donors (Lipinski definition) is 1. The third-order valence-electron chi connectivity index (χ3n) is 2.45. The fourth-order valence-corrected chi connectivity index (χ4v) is 1.89. The van der Waals surface area contributed by atoms with Crippen LogP contribution in [0.15, 0.2) is 24.5 Å². The lowest BCUT2D eigenvalue weighted by Crippen LogP contribution is -1.95. The van der Waals surface area contributed by atoms with Crippen molar-refractivity contribution in [1.29, 1.82) is 0 Å². The summed E-state index contributed by atoms with van der Waals surface area (Å²) >= 11 is 6.13. The monoisotopic (exact) mass is 233 g/mol. The maximum Gasteiger partial charge on any atom is 0.110 e. The Kier molecular flexibility index (Phi) is 1.94. The van der Waals surface area contributed by atoms with E-state index < -0.39 is 0 Å². The van der Waals surface area contributed by atoms with Gasteiger partial charge in [0.25, 0.3) is 0 Å². The molecule has 16 heavy (non-hydrogen) atoms. The zero-order valence-corrected chi connectivity index (χ0v) is 9.23. The minimum absolute atomic E-state index is 0.610. The van der Waals surface area contributed by atoms with Crippen LogP contribution in [0.25, 0.3) is 22.4 Å². The van der Waals surface area contributed by atoms with Crippen molar-refractivity contribution in [3.05, 3.63) is 29.5 Å². The molecule has 3 aromatic heterocycles. The van der Waals surface area contributed by atoms with Gasteiger partial charge in [-0.15, -0.1) is 0 Å². The summed E-state index contributed by atoms with van der Waals surface area (Å²) in [6.45, 7) is 0. The molecular formula is C10H8ClN5. The first-order valence-electron chi connectivity index (χ1n) is 4.74. The smallest absolute Gasteiger partial charge is 0.110 e. The molecule has 0 radical (unpaired) electrons. The second kappa shape index (κ2) is 3.31. The number of aryl methyl sites for hydroxylation is 1. The number of aromatic amines is 1. The average molecular weight is 234 g/mol. The van der Waals surface area contributed by atoms with Crippen molar-refractivity contribution in [3.8, 4) is 11.4 Å². The summed E-state index contributed by atoms with van der Waals surface area (Å²) in [6.07, 6.45) is 3.38. The Labute approximate surface area is 96.1 Å². The molecule has 0 fully saturated rings. The van der Waals surface area contributed by atoms with Crippen LogP contribution in [0.5, 0.6) is 0 Å². The molecule has 5 nitrogen and oxygen atoms in total. The van der Waals surface area contributed by atoms with E-state index in [9.17, 15) is 0 Å². The quantitative estimate of drug-likeness (QED) is 0.700. The summed E-state index contributed by atoms with van der Waals surface area (Å²) in [6, 6.07) is 3.70. The molecule has 0 aromatic carbocycles. The average Bonchev–Trinajstić information content (AvgIpc) is 2.85. The van der Waals surface area contributed by atoms with Crippen LogP contribution in [-0.4, -0.2) is 25.0 Å². The van der Waals surface area contributed by atoms with E-state index in [1.54, 1.807) is 23.1 Å². The van der Waals surface area contributed by atoms with Gasteiger partial charge in [0.1, 0.15) is 11.0 Å². The summed E-state index contributed by atoms with van der Waals surface area (Å²) in [5.41, 5.74) is 3.22. The molecule has 0 aliphatic rings. The van der Waals surface area contributed by atoms with Gasteiger partial charge >= 0.3 is 0 Å². The molecule has 3 heterocycles. The molecule has 0 aliphatic heterocycles. The van der Waals surface area contributed by atoms with Gasteiger partial charge in [0.2, 0.25) is 0 Å². The third kappa shape index (κ3) is 1.29. The number of halogens is 1. The molecule has 6 heteroatoms. The number of rotatable bonds is 1. The van der Waals surface area contributed by atoms with E-state index in [4.69, 9.17) is 11.6 Å². The van der Waals surface area contributed by atoms with Gasteiger partial charge in [0.05, 0.1) is 22.6 Å². The van der Waals surface area contributed by atoms with Crippen LogP contribution in [0, 0.1) is 0 Å². The Hall–Kier alpha value is -1.88. The minimum atomic E-state index is 0.610. The molecule has 3 aromatic rings. The van der Waals surface area contributed by atoms with Crippen molar-refractivity contribution in [2.75, 3.05) is 0 Å². The second-order valence-electron chi connectivity index (χ2n) is 3.46. The van der Waals surface area contributed by atoms with E-state index in [1.165, 1.54) is 0 Å². The normalized spacial score (nSPS) is 11.1. The van der Waals surface area contributed by atoms with Gasteiger partial charge in [-0.25, -0.2) is 4.98 Å². The van der Waals surface area contributed by atoms with Crippen LogP contribution in [0.4, 0.5) is 0 Å². The zero-order valence-electron chi connectivity index (χ0n) is 8.48. The van der Waals surface area contributed by atoms with Crippen molar-refractivity contribution < 1.29 is 0 Å². The molecule has 0 atom stereocenters. The number of nitrogens with one attached hydrogen (secondary N) is 1. The van der Waals surface area contributed by atoms with E-state index in [0.29, 0.717) is 5.02 Å². The van der Waals surface area contributed by atoms with E-state index in [-0.39, 0.29) is 0 Å². The molecule has 0 bridgehead atoms. The number of nitrogens with zero attached hydrogens (tertiary/aromatic N) is 4. The highest BCUT2D eigenvalue weighted by Gasteiger charge is 2.09. The number of H-pyrrole nitrogens is 1. The van der Waals surface area contributed by atoms with E-state index >= 15 is 0 Å². The first kappa shape index (κ1) is 9.35. The number of hydrogen-bond acceptors (Lipinski definition) is 3. The largest absolute Gasteiger partial charge is 0.275 e. The molecule has 1 N–H and O–H groups in total. The SMILES string of the molecule is Cn1nccc1-c1cc(Cl)c2[nH]ncc2n1. The Bertz CT molecular complexity index is 654. The fourth-order valence-electron chi connectivity index (χ4n) is 1.65. The van der Waals surface area contributed by atoms with Crippen molar-refractivity contribution >= 4 is 22.6 Å². The molecule has 80 valence electrons. The lowest BCUT2D eigenvalue weighted by molar-refractivity contribution is 0.774. The van der Waals surface area contributed by atoms with E-state index in [1.807, 2.05) is 13.1 Å². The molecule has 0 spiro atoms. The maximum atomic E-state index is 6.13. The first-order valence-corrected chi connectivity index (χ1v) is 5.11. The molecule has 0 saturated carbocycles. The Morgan fingerprint density at radius 1 is 1.44 bits per heavy atom. The third-order valence-corrected chi connectivity index (χ3v) is 2.74. The summed E-state index contributed by atoms with van der Waals surface area (Å²) in [7, 11) is 1.87. The van der Waals surface area contributed by atoms with E-state index in [0.717, 1.165) is 22.4 Å². The van der Waals surface area contributed by atoms with Gasteiger partial charge in [-0.2, -0.15) is 10.2 Å². The van der Waals surface area contributed by atoms with Gasteiger partial charge in [-0.1, -0.05) is 11.6 Å². The van der Waals surface area contributed by atoms with Crippen LogP contribution in [0.3, 0.4) is 0 Å². The maximum absolute atomic E-state index is 6.13. The summed E-state index contributed by atoms with van der Waals surface area (Å²) in [4.78, 5) is 4.46. The lowest BCUT2D eigenvalue weighted by Gasteiger charge is -2.02. The van der Waals surface area contributed by atoms with Gasteiger partial charge in [-0.3, -0.25) is 9.78 Å². The summed E-state index contributed by atoms with van der Waals surface area (Å²) < 4.78 is 1.75. The van der Waals surface area contributed by atoms with Crippen LogP contribution >= 0.6 is 11.6 Å². The van der Waals surface area contributed by atoms with Crippen LogP contribution in [0.1, 0.15) is 0 Å². The predicted octanol–water partition coefficient (Wildman–Crippen LogP) is 2.01. The molecule has 0 unspecified atom stereocenters.